The highest BCUT2D eigenvalue weighted by atomic mass is 79.9. The standard InChI is InChI=1S/C14H13BrO3/c1-17-13-7-6-11(15)8-10(13)9-18-14-5-3-2-4-12(14)16/h2-8,16H,9H2,1H3. The number of hydrogen-bond donors (Lipinski definition) is 1. The second-order valence-corrected chi connectivity index (χ2v) is 4.63. The van der Waals surface area contributed by atoms with E-state index in [9.17, 15) is 5.11 Å². The molecule has 0 aliphatic carbocycles. The summed E-state index contributed by atoms with van der Waals surface area (Å²) in [7, 11) is 1.62. The van der Waals surface area contributed by atoms with E-state index in [4.69, 9.17) is 9.47 Å². The Morgan fingerprint density at radius 3 is 2.61 bits per heavy atom. The summed E-state index contributed by atoms with van der Waals surface area (Å²) < 4.78 is 11.8. The molecule has 0 amide bonds. The van der Waals surface area contributed by atoms with Crippen molar-refractivity contribution in [3.05, 3.63) is 52.5 Å². The van der Waals surface area contributed by atoms with Crippen LogP contribution in [0.1, 0.15) is 5.56 Å². The number of halogens is 1. The fourth-order valence-corrected chi connectivity index (χ4v) is 2.00. The largest absolute Gasteiger partial charge is 0.504 e. The zero-order valence-corrected chi connectivity index (χ0v) is 11.5. The summed E-state index contributed by atoms with van der Waals surface area (Å²) in [5.41, 5.74) is 0.912. The molecule has 2 rings (SSSR count). The predicted octanol–water partition coefficient (Wildman–Crippen LogP) is 3.74. The third-order valence-electron chi connectivity index (χ3n) is 2.49. The lowest BCUT2D eigenvalue weighted by Gasteiger charge is -2.11. The summed E-state index contributed by atoms with van der Waals surface area (Å²) in [5.74, 6) is 1.35. The van der Waals surface area contributed by atoms with Crippen LogP contribution in [0.3, 0.4) is 0 Å². The lowest BCUT2D eigenvalue weighted by molar-refractivity contribution is 0.282. The van der Waals surface area contributed by atoms with Crippen LogP contribution in [-0.2, 0) is 6.61 Å². The molecule has 0 fully saturated rings. The molecule has 94 valence electrons. The van der Waals surface area contributed by atoms with Crippen molar-refractivity contribution in [2.75, 3.05) is 7.11 Å². The highest BCUT2D eigenvalue weighted by Crippen LogP contribution is 2.28. The van der Waals surface area contributed by atoms with E-state index in [1.807, 2.05) is 24.3 Å². The van der Waals surface area contributed by atoms with Gasteiger partial charge >= 0.3 is 0 Å². The van der Waals surface area contributed by atoms with Crippen LogP contribution in [0.4, 0.5) is 0 Å². The Bertz CT molecular complexity index is 540. The molecule has 0 bridgehead atoms. The Hall–Kier alpha value is -1.68. The Morgan fingerprint density at radius 1 is 1.11 bits per heavy atom. The number of hydrogen-bond acceptors (Lipinski definition) is 3. The summed E-state index contributed by atoms with van der Waals surface area (Å²) in [6.07, 6.45) is 0. The van der Waals surface area contributed by atoms with Crippen molar-refractivity contribution in [2.24, 2.45) is 0 Å². The van der Waals surface area contributed by atoms with E-state index in [0.717, 1.165) is 15.8 Å². The van der Waals surface area contributed by atoms with Crippen LogP contribution >= 0.6 is 15.9 Å². The molecule has 0 radical (unpaired) electrons. The minimum atomic E-state index is 0.131. The summed E-state index contributed by atoms with van der Waals surface area (Å²) in [6.45, 7) is 0.334. The molecule has 2 aromatic carbocycles. The average molecular weight is 309 g/mol. The number of ether oxygens (including phenoxy) is 2. The second kappa shape index (κ2) is 5.78. The Balaban J connectivity index is 2.15. The maximum Gasteiger partial charge on any atom is 0.161 e. The first kappa shape index (κ1) is 12.8. The molecule has 0 unspecified atom stereocenters. The summed E-state index contributed by atoms with van der Waals surface area (Å²) in [6, 6.07) is 12.6. The van der Waals surface area contributed by atoms with Gasteiger partial charge in [0.15, 0.2) is 11.5 Å². The number of aromatic hydroxyl groups is 1. The lowest BCUT2D eigenvalue weighted by Crippen LogP contribution is -1.99. The molecule has 0 aliphatic rings. The molecular formula is C14H13BrO3. The van der Waals surface area contributed by atoms with Crippen molar-refractivity contribution >= 4 is 15.9 Å². The van der Waals surface area contributed by atoms with Gasteiger partial charge in [0.2, 0.25) is 0 Å². The first-order chi connectivity index (χ1) is 8.70. The zero-order chi connectivity index (χ0) is 13.0. The van der Waals surface area contributed by atoms with Crippen LogP contribution in [0.5, 0.6) is 17.2 Å². The van der Waals surface area contributed by atoms with Gasteiger partial charge in [-0.15, -0.1) is 0 Å². The highest BCUT2D eigenvalue weighted by molar-refractivity contribution is 9.10. The fourth-order valence-electron chi connectivity index (χ4n) is 1.59. The zero-order valence-electron chi connectivity index (χ0n) is 9.89. The van der Waals surface area contributed by atoms with Gasteiger partial charge in [0.05, 0.1) is 7.11 Å². The quantitative estimate of drug-likeness (QED) is 0.935. The first-order valence-electron chi connectivity index (χ1n) is 5.44. The van der Waals surface area contributed by atoms with Crippen molar-refractivity contribution in [1.82, 2.24) is 0 Å². The summed E-state index contributed by atoms with van der Waals surface area (Å²) >= 11 is 3.41. The van der Waals surface area contributed by atoms with Crippen LogP contribution in [0.2, 0.25) is 0 Å². The maximum atomic E-state index is 9.60. The van der Waals surface area contributed by atoms with Crippen LogP contribution < -0.4 is 9.47 Å². The van der Waals surface area contributed by atoms with Gasteiger partial charge in [-0.05, 0) is 30.3 Å². The molecule has 1 N–H and O–H groups in total. The van der Waals surface area contributed by atoms with Gasteiger partial charge in [0.1, 0.15) is 12.4 Å². The summed E-state index contributed by atoms with van der Waals surface area (Å²) in [5, 5.41) is 9.60. The van der Waals surface area contributed by atoms with Crippen molar-refractivity contribution < 1.29 is 14.6 Å². The Kier molecular flexibility index (Phi) is 4.10. The molecule has 0 aromatic heterocycles. The van der Waals surface area contributed by atoms with Gasteiger partial charge in [0, 0.05) is 10.0 Å². The normalized spacial score (nSPS) is 10.1. The molecule has 2 aromatic rings. The van der Waals surface area contributed by atoms with Crippen molar-refractivity contribution in [3.8, 4) is 17.2 Å². The van der Waals surface area contributed by atoms with Gasteiger partial charge in [-0.1, -0.05) is 28.1 Å². The van der Waals surface area contributed by atoms with E-state index in [2.05, 4.69) is 15.9 Å². The molecule has 0 saturated heterocycles. The van der Waals surface area contributed by atoms with Crippen LogP contribution in [-0.4, -0.2) is 12.2 Å². The third-order valence-corrected chi connectivity index (χ3v) is 2.98. The van der Waals surface area contributed by atoms with Gasteiger partial charge in [0.25, 0.3) is 0 Å². The minimum Gasteiger partial charge on any atom is -0.504 e. The van der Waals surface area contributed by atoms with Gasteiger partial charge in [-0.3, -0.25) is 0 Å². The van der Waals surface area contributed by atoms with E-state index in [0.29, 0.717) is 12.4 Å². The SMILES string of the molecule is COc1ccc(Br)cc1COc1ccccc1O. The molecule has 0 spiro atoms. The Morgan fingerprint density at radius 2 is 1.89 bits per heavy atom. The maximum absolute atomic E-state index is 9.60. The van der Waals surface area contributed by atoms with Gasteiger partial charge < -0.3 is 14.6 Å². The fraction of sp³-hybridized carbons (Fsp3) is 0.143. The first-order valence-corrected chi connectivity index (χ1v) is 6.23. The average Bonchev–Trinajstić information content (AvgIpc) is 2.38. The number of rotatable bonds is 4. The van der Waals surface area contributed by atoms with Gasteiger partial charge in [-0.25, -0.2) is 0 Å². The van der Waals surface area contributed by atoms with E-state index >= 15 is 0 Å². The Labute approximate surface area is 114 Å². The topological polar surface area (TPSA) is 38.7 Å². The second-order valence-electron chi connectivity index (χ2n) is 3.71. The van der Waals surface area contributed by atoms with Crippen molar-refractivity contribution in [3.63, 3.8) is 0 Å². The van der Waals surface area contributed by atoms with E-state index in [1.165, 1.54) is 0 Å². The lowest BCUT2D eigenvalue weighted by atomic mass is 10.2. The van der Waals surface area contributed by atoms with Crippen molar-refractivity contribution in [2.45, 2.75) is 6.61 Å². The third kappa shape index (κ3) is 2.96. The molecule has 0 heterocycles. The summed E-state index contributed by atoms with van der Waals surface area (Å²) in [4.78, 5) is 0. The smallest absolute Gasteiger partial charge is 0.161 e. The van der Waals surface area contributed by atoms with Crippen molar-refractivity contribution in [1.29, 1.82) is 0 Å². The molecular weight excluding hydrogens is 296 g/mol. The number of phenolic OH excluding ortho intramolecular Hbond substituents is 1. The van der Waals surface area contributed by atoms with Crippen LogP contribution in [0.25, 0.3) is 0 Å². The molecule has 18 heavy (non-hydrogen) atoms. The number of benzene rings is 2. The predicted molar refractivity (Wildman–Crippen MR) is 73.1 cm³/mol. The highest BCUT2D eigenvalue weighted by Gasteiger charge is 2.06. The molecule has 0 saturated carbocycles. The number of para-hydroxylation sites is 2. The molecule has 0 aliphatic heterocycles. The van der Waals surface area contributed by atoms with Gasteiger partial charge in [-0.2, -0.15) is 0 Å². The monoisotopic (exact) mass is 308 g/mol. The van der Waals surface area contributed by atoms with E-state index in [1.54, 1.807) is 25.3 Å². The van der Waals surface area contributed by atoms with Crippen LogP contribution in [0, 0.1) is 0 Å². The number of phenols is 1. The molecule has 0 atom stereocenters. The molecule has 4 heteroatoms. The minimum absolute atomic E-state index is 0.131. The van der Waals surface area contributed by atoms with E-state index < -0.39 is 0 Å². The number of methoxy groups -OCH3 is 1. The van der Waals surface area contributed by atoms with Crippen LogP contribution in [0.15, 0.2) is 46.9 Å². The van der Waals surface area contributed by atoms with E-state index in [-0.39, 0.29) is 5.75 Å². The molecule has 3 nitrogen and oxygen atoms in total.